The smallest absolute Gasteiger partial charge is 0.251 e. The highest BCUT2D eigenvalue weighted by molar-refractivity contribution is 6.31. The molecule has 166 valence electrons. The molecular formula is C24H29ClN2O4. The number of carbonyl (C=O) groups is 1. The van der Waals surface area contributed by atoms with Crippen LogP contribution in [0.25, 0.3) is 0 Å². The van der Waals surface area contributed by atoms with Gasteiger partial charge in [-0.1, -0.05) is 36.7 Å². The highest BCUT2D eigenvalue weighted by atomic mass is 35.5. The standard InChI is InChI=1S/C24H29ClN2O4/c1-4-16-6-5-7-22(25)21(16)15-30-20-9-8-17-10-19(14-31-23(17)11-20)27-12-18(13-27)24(28)26(2)29-3/h5-9,11,18-19H,4,10,12-15H2,1-3H3. The number of fused-ring (bicyclic) bond motifs is 1. The number of halogens is 1. The molecule has 31 heavy (non-hydrogen) atoms. The summed E-state index contributed by atoms with van der Waals surface area (Å²) in [5, 5.41) is 2.04. The summed E-state index contributed by atoms with van der Waals surface area (Å²) in [6, 6.07) is 12.3. The largest absolute Gasteiger partial charge is 0.492 e. The Labute approximate surface area is 188 Å². The second kappa shape index (κ2) is 9.47. The van der Waals surface area contributed by atoms with E-state index in [2.05, 4.69) is 24.0 Å². The van der Waals surface area contributed by atoms with Crippen molar-refractivity contribution in [2.45, 2.75) is 32.4 Å². The van der Waals surface area contributed by atoms with Gasteiger partial charge in [0.1, 0.15) is 24.7 Å². The van der Waals surface area contributed by atoms with Gasteiger partial charge in [0.25, 0.3) is 5.91 Å². The Bertz CT molecular complexity index is 945. The summed E-state index contributed by atoms with van der Waals surface area (Å²) in [5.41, 5.74) is 3.40. The fraction of sp³-hybridized carbons (Fsp3) is 0.458. The average Bonchev–Trinajstić information content (AvgIpc) is 2.76. The summed E-state index contributed by atoms with van der Waals surface area (Å²) in [6.45, 7) is 4.65. The molecule has 1 fully saturated rings. The number of rotatable bonds is 7. The van der Waals surface area contributed by atoms with Gasteiger partial charge in [-0.25, -0.2) is 5.06 Å². The van der Waals surface area contributed by atoms with Gasteiger partial charge in [0.2, 0.25) is 0 Å². The predicted molar refractivity (Wildman–Crippen MR) is 119 cm³/mol. The number of benzene rings is 2. The molecule has 2 aromatic rings. The zero-order chi connectivity index (χ0) is 22.0. The Kier molecular flexibility index (Phi) is 6.70. The van der Waals surface area contributed by atoms with Crippen LogP contribution in [0.2, 0.25) is 5.02 Å². The van der Waals surface area contributed by atoms with E-state index in [1.165, 1.54) is 23.3 Å². The summed E-state index contributed by atoms with van der Waals surface area (Å²) in [7, 11) is 3.16. The van der Waals surface area contributed by atoms with E-state index >= 15 is 0 Å². The number of nitrogens with zero attached hydrogens (tertiary/aromatic N) is 2. The van der Waals surface area contributed by atoms with Gasteiger partial charge in [-0.3, -0.25) is 14.5 Å². The normalized spacial score (nSPS) is 18.6. The van der Waals surface area contributed by atoms with Gasteiger partial charge >= 0.3 is 0 Å². The fourth-order valence-corrected chi connectivity index (χ4v) is 4.48. The van der Waals surface area contributed by atoms with Gasteiger partial charge in [0.05, 0.1) is 13.0 Å². The van der Waals surface area contributed by atoms with Crippen molar-refractivity contribution in [2.75, 3.05) is 33.9 Å². The van der Waals surface area contributed by atoms with Gasteiger partial charge in [0, 0.05) is 42.8 Å². The van der Waals surface area contributed by atoms with Crippen LogP contribution in [0.1, 0.15) is 23.6 Å². The molecule has 7 heteroatoms. The van der Waals surface area contributed by atoms with Crippen LogP contribution in [-0.2, 0) is 29.1 Å². The maximum absolute atomic E-state index is 12.2. The monoisotopic (exact) mass is 444 g/mol. The van der Waals surface area contributed by atoms with Crippen molar-refractivity contribution in [3.63, 3.8) is 0 Å². The summed E-state index contributed by atoms with van der Waals surface area (Å²) < 4.78 is 12.1. The van der Waals surface area contributed by atoms with E-state index in [1.807, 2.05) is 24.3 Å². The fourth-order valence-electron chi connectivity index (χ4n) is 4.23. The first-order valence-corrected chi connectivity index (χ1v) is 11.1. The first-order chi connectivity index (χ1) is 15.0. The van der Waals surface area contributed by atoms with Crippen LogP contribution >= 0.6 is 11.6 Å². The minimum Gasteiger partial charge on any atom is -0.492 e. The third-order valence-electron chi connectivity index (χ3n) is 6.26. The van der Waals surface area contributed by atoms with Crippen LogP contribution in [0.15, 0.2) is 36.4 Å². The van der Waals surface area contributed by atoms with Crippen LogP contribution in [0, 0.1) is 5.92 Å². The zero-order valence-electron chi connectivity index (χ0n) is 18.3. The van der Waals surface area contributed by atoms with Crippen molar-refractivity contribution < 1.29 is 19.1 Å². The SMILES string of the molecule is CCc1cccc(Cl)c1COc1ccc2c(c1)OCC(N1CC(C(=O)N(C)OC)C1)C2. The molecule has 1 atom stereocenters. The number of carbonyl (C=O) groups excluding carboxylic acids is 1. The number of likely N-dealkylation sites (tertiary alicyclic amines) is 1. The molecule has 2 heterocycles. The second-order valence-electron chi connectivity index (χ2n) is 8.13. The molecule has 2 aliphatic heterocycles. The lowest BCUT2D eigenvalue weighted by Crippen LogP contribution is -2.59. The quantitative estimate of drug-likeness (QED) is 0.609. The van der Waals surface area contributed by atoms with E-state index in [0.29, 0.717) is 13.2 Å². The molecule has 0 spiro atoms. The van der Waals surface area contributed by atoms with Crippen molar-refractivity contribution in [1.82, 2.24) is 9.96 Å². The van der Waals surface area contributed by atoms with Crippen LogP contribution < -0.4 is 9.47 Å². The van der Waals surface area contributed by atoms with E-state index in [0.717, 1.165) is 48.0 Å². The Morgan fingerprint density at radius 1 is 1.29 bits per heavy atom. The van der Waals surface area contributed by atoms with Crippen LogP contribution in [0.3, 0.4) is 0 Å². The van der Waals surface area contributed by atoms with Crippen LogP contribution in [-0.4, -0.2) is 55.8 Å². The molecule has 0 saturated carbocycles. The molecule has 1 saturated heterocycles. The van der Waals surface area contributed by atoms with Gasteiger partial charge in [0.15, 0.2) is 0 Å². The van der Waals surface area contributed by atoms with E-state index in [1.54, 1.807) is 7.05 Å². The molecule has 2 aliphatic rings. The second-order valence-corrected chi connectivity index (χ2v) is 8.53. The molecule has 1 unspecified atom stereocenters. The third kappa shape index (κ3) is 4.66. The molecule has 0 aliphatic carbocycles. The highest BCUT2D eigenvalue weighted by Crippen LogP contribution is 2.33. The van der Waals surface area contributed by atoms with Crippen LogP contribution in [0.5, 0.6) is 11.5 Å². The Morgan fingerprint density at radius 2 is 2.10 bits per heavy atom. The van der Waals surface area contributed by atoms with E-state index in [-0.39, 0.29) is 17.9 Å². The number of hydrogen-bond acceptors (Lipinski definition) is 5. The molecule has 0 aromatic heterocycles. The van der Waals surface area contributed by atoms with E-state index in [9.17, 15) is 4.79 Å². The number of aryl methyl sites for hydroxylation is 1. The molecule has 0 radical (unpaired) electrons. The number of amides is 1. The van der Waals surface area contributed by atoms with E-state index in [4.69, 9.17) is 25.9 Å². The average molecular weight is 445 g/mol. The minimum atomic E-state index is -0.0000506. The van der Waals surface area contributed by atoms with Gasteiger partial charge in [-0.05, 0) is 36.1 Å². The van der Waals surface area contributed by atoms with Crippen molar-refractivity contribution in [3.8, 4) is 11.5 Å². The van der Waals surface area contributed by atoms with Crippen molar-refractivity contribution >= 4 is 17.5 Å². The molecule has 1 amide bonds. The Morgan fingerprint density at radius 3 is 2.84 bits per heavy atom. The van der Waals surface area contributed by atoms with Gasteiger partial charge in [-0.2, -0.15) is 0 Å². The van der Waals surface area contributed by atoms with Gasteiger partial charge in [-0.15, -0.1) is 0 Å². The predicted octanol–water partition coefficient (Wildman–Crippen LogP) is 3.74. The first kappa shape index (κ1) is 21.9. The van der Waals surface area contributed by atoms with Crippen LogP contribution in [0.4, 0.5) is 0 Å². The lowest BCUT2D eigenvalue weighted by molar-refractivity contribution is -0.180. The Hall–Kier alpha value is -2.28. The molecule has 6 nitrogen and oxygen atoms in total. The first-order valence-electron chi connectivity index (χ1n) is 10.7. The topological polar surface area (TPSA) is 51.2 Å². The minimum absolute atomic E-state index is 0.0000506. The lowest BCUT2D eigenvalue weighted by Gasteiger charge is -2.45. The van der Waals surface area contributed by atoms with Gasteiger partial charge < -0.3 is 9.47 Å². The summed E-state index contributed by atoms with van der Waals surface area (Å²) in [4.78, 5) is 19.5. The Balaban J connectivity index is 1.34. The van der Waals surface area contributed by atoms with Crippen molar-refractivity contribution in [2.24, 2.45) is 5.92 Å². The van der Waals surface area contributed by atoms with Crippen molar-refractivity contribution in [1.29, 1.82) is 0 Å². The van der Waals surface area contributed by atoms with Crippen molar-refractivity contribution in [3.05, 3.63) is 58.1 Å². The number of hydrogen-bond donors (Lipinski definition) is 0. The molecular weight excluding hydrogens is 416 g/mol. The third-order valence-corrected chi connectivity index (χ3v) is 6.62. The number of ether oxygens (including phenoxy) is 2. The summed E-state index contributed by atoms with van der Waals surface area (Å²) >= 11 is 6.37. The zero-order valence-corrected chi connectivity index (χ0v) is 19.0. The summed E-state index contributed by atoms with van der Waals surface area (Å²) in [5.74, 6) is 1.68. The maximum atomic E-state index is 12.2. The molecule has 4 rings (SSSR count). The molecule has 2 aromatic carbocycles. The molecule has 0 N–H and O–H groups in total. The molecule has 0 bridgehead atoms. The number of hydroxylamine groups is 2. The van der Waals surface area contributed by atoms with E-state index < -0.39 is 0 Å². The highest BCUT2D eigenvalue weighted by Gasteiger charge is 2.39. The summed E-state index contributed by atoms with van der Waals surface area (Å²) in [6.07, 6.45) is 1.82. The lowest BCUT2D eigenvalue weighted by atomic mass is 9.93. The maximum Gasteiger partial charge on any atom is 0.251 e.